The van der Waals surface area contributed by atoms with Crippen molar-refractivity contribution < 1.29 is 4.74 Å². The van der Waals surface area contributed by atoms with Crippen molar-refractivity contribution in [2.75, 3.05) is 13.2 Å². The summed E-state index contributed by atoms with van der Waals surface area (Å²) in [4.78, 5) is 0. The van der Waals surface area contributed by atoms with Crippen molar-refractivity contribution in [3.8, 4) is 11.8 Å². The Kier molecular flexibility index (Phi) is 9.10. The Labute approximate surface area is 70.1 Å². The Morgan fingerprint density at radius 1 is 1.27 bits per heavy atom. The summed E-state index contributed by atoms with van der Waals surface area (Å²) in [7, 11) is 0. The fourth-order valence-corrected chi connectivity index (χ4v) is 0.821. The number of hydrogen-bond acceptors (Lipinski definition) is 1. The molecule has 11 heavy (non-hydrogen) atoms. The van der Waals surface area contributed by atoms with Crippen LogP contribution in [0.4, 0.5) is 0 Å². The summed E-state index contributed by atoms with van der Waals surface area (Å²) in [6.45, 7) is 6.91. The van der Waals surface area contributed by atoms with E-state index in [-0.39, 0.29) is 0 Å². The van der Waals surface area contributed by atoms with Gasteiger partial charge < -0.3 is 4.74 Å². The molecule has 1 heteroatoms. The van der Waals surface area contributed by atoms with Gasteiger partial charge in [-0.05, 0) is 26.7 Å². The van der Waals surface area contributed by atoms with Crippen LogP contribution in [0.5, 0.6) is 0 Å². The first-order valence-electron chi connectivity index (χ1n) is 4.18. The molecular weight excluding hydrogens is 136 g/mol. The van der Waals surface area contributed by atoms with E-state index >= 15 is 0 Å². The van der Waals surface area contributed by atoms with Crippen LogP contribution in [0.25, 0.3) is 0 Å². The smallest absolute Gasteiger partial charge is 0.0466 e. The minimum atomic E-state index is 0.592. The van der Waals surface area contributed by atoms with Crippen molar-refractivity contribution in [1.29, 1.82) is 0 Å². The first-order valence-corrected chi connectivity index (χ1v) is 4.18. The molecule has 0 unspecified atom stereocenters. The molecule has 0 N–H and O–H groups in total. The van der Waals surface area contributed by atoms with Gasteiger partial charge in [0.2, 0.25) is 0 Å². The van der Waals surface area contributed by atoms with Crippen LogP contribution in [0.2, 0.25) is 0 Å². The van der Waals surface area contributed by atoms with E-state index in [1.54, 1.807) is 0 Å². The Hall–Kier alpha value is -0.480. The predicted molar refractivity (Wildman–Crippen MR) is 48.1 cm³/mol. The largest absolute Gasteiger partial charge is 0.381 e. The molecule has 0 aromatic heterocycles. The number of hydrogen-bond donors (Lipinski definition) is 0. The summed E-state index contributed by atoms with van der Waals surface area (Å²) in [6.07, 6.45) is 4.58. The van der Waals surface area contributed by atoms with Gasteiger partial charge in [-0.15, -0.1) is 11.8 Å². The molecular formula is C10H17O. The van der Waals surface area contributed by atoms with Gasteiger partial charge in [0.1, 0.15) is 0 Å². The molecule has 0 aliphatic rings. The van der Waals surface area contributed by atoms with Crippen LogP contribution in [0.15, 0.2) is 0 Å². The Morgan fingerprint density at radius 3 is 2.73 bits per heavy atom. The third-order valence-corrected chi connectivity index (χ3v) is 1.41. The molecule has 0 rings (SSSR count). The van der Waals surface area contributed by atoms with Gasteiger partial charge in [-0.2, -0.15) is 0 Å². The minimum absolute atomic E-state index is 0.592. The number of unbranched alkanes of at least 4 members (excludes halogenated alkanes) is 3. The predicted octanol–water partition coefficient (Wildman–Crippen LogP) is 2.42. The van der Waals surface area contributed by atoms with E-state index in [4.69, 9.17) is 4.74 Å². The molecule has 0 saturated heterocycles. The molecule has 0 saturated carbocycles. The normalized spacial score (nSPS) is 8.91. The molecule has 0 aliphatic carbocycles. The Bertz CT molecular complexity index is 119. The fraction of sp³-hybridized carbons (Fsp3) is 0.700. The molecule has 0 amide bonds. The minimum Gasteiger partial charge on any atom is -0.381 e. The van der Waals surface area contributed by atoms with Crippen molar-refractivity contribution in [2.24, 2.45) is 0 Å². The van der Waals surface area contributed by atoms with Gasteiger partial charge in [0.05, 0.1) is 0 Å². The van der Waals surface area contributed by atoms with Gasteiger partial charge in [0.15, 0.2) is 0 Å². The molecule has 0 aromatic carbocycles. The lowest BCUT2D eigenvalue weighted by Gasteiger charge is -1.98. The van der Waals surface area contributed by atoms with Crippen LogP contribution in [-0.4, -0.2) is 13.2 Å². The first-order chi connectivity index (χ1) is 5.41. The summed E-state index contributed by atoms with van der Waals surface area (Å²) >= 11 is 0. The lowest BCUT2D eigenvalue weighted by atomic mass is 10.2. The van der Waals surface area contributed by atoms with E-state index in [0.717, 1.165) is 19.4 Å². The highest BCUT2D eigenvalue weighted by molar-refractivity contribution is 4.94. The molecule has 0 heterocycles. The van der Waals surface area contributed by atoms with Crippen molar-refractivity contribution in [1.82, 2.24) is 0 Å². The highest BCUT2D eigenvalue weighted by Gasteiger charge is 1.86. The number of rotatable bonds is 6. The van der Waals surface area contributed by atoms with Crippen LogP contribution < -0.4 is 0 Å². The maximum Gasteiger partial charge on any atom is 0.0466 e. The standard InChI is InChI=1S/C10H17O/c1-3-5-6-7-8-9-10-11-4-2/h2,4,6-10H2,1H3. The molecule has 0 aliphatic heterocycles. The van der Waals surface area contributed by atoms with E-state index in [0.29, 0.717) is 6.61 Å². The molecule has 63 valence electrons. The van der Waals surface area contributed by atoms with Gasteiger partial charge >= 0.3 is 0 Å². The van der Waals surface area contributed by atoms with Crippen molar-refractivity contribution in [2.45, 2.75) is 32.6 Å². The topological polar surface area (TPSA) is 9.23 Å². The van der Waals surface area contributed by atoms with E-state index in [9.17, 15) is 0 Å². The molecule has 0 fully saturated rings. The van der Waals surface area contributed by atoms with Crippen molar-refractivity contribution in [3.63, 3.8) is 0 Å². The summed E-state index contributed by atoms with van der Waals surface area (Å²) in [5.41, 5.74) is 0. The zero-order valence-corrected chi connectivity index (χ0v) is 7.36. The van der Waals surface area contributed by atoms with E-state index in [2.05, 4.69) is 18.8 Å². The maximum atomic E-state index is 5.09. The second-order valence-corrected chi connectivity index (χ2v) is 2.35. The van der Waals surface area contributed by atoms with Crippen LogP contribution in [0, 0.1) is 18.8 Å². The molecule has 0 aromatic rings. The molecule has 0 spiro atoms. The van der Waals surface area contributed by atoms with E-state index in [1.165, 1.54) is 12.8 Å². The summed E-state index contributed by atoms with van der Waals surface area (Å²) in [5.74, 6) is 5.91. The molecule has 1 nitrogen and oxygen atoms in total. The van der Waals surface area contributed by atoms with Gasteiger partial charge in [0, 0.05) is 19.6 Å². The van der Waals surface area contributed by atoms with E-state index in [1.807, 2.05) is 6.92 Å². The Morgan fingerprint density at radius 2 is 2.09 bits per heavy atom. The molecule has 0 bridgehead atoms. The second kappa shape index (κ2) is 9.52. The van der Waals surface area contributed by atoms with Gasteiger partial charge in [-0.1, -0.05) is 6.42 Å². The highest BCUT2D eigenvalue weighted by Crippen LogP contribution is 1.98. The van der Waals surface area contributed by atoms with Crippen LogP contribution >= 0.6 is 0 Å². The van der Waals surface area contributed by atoms with Crippen molar-refractivity contribution >= 4 is 0 Å². The van der Waals surface area contributed by atoms with Crippen molar-refractivity contribution in [3.05, 3.63) is 6.92 Å². The fourth-order valence-electron chi connectivity index (χ4n) is 0.821. The summed E-state index contributed by atoms with van der Waals surface area (Å²) in [5, 5.41) is 0. The second-order valence-electron chi connectivity index (χ2n) is 2.35. The van der Waals surface area contributed by atoms with Gasteiger partial charge in [-0.3, -0.25) is 0 Å². The SMILES string of the molecule is [CH2]COCCCCCC#CC. The first kappa shape index (κ1) is 10.5. The lowest BCUT2D eigenvalue weighted by Crippen LogP contribution is -1.92. The number of ether oxygens (including phenoxy) is 1. The van der Waals surface area contributed by atoms with Crippen LogP contribution in [0.3, 0.4) is 0 Å². The molecule has 0 atom stereocenters. The highest BCUT2D eigenvalue weighted by atomic mass is 16.5. The monoisotopic (exact) mass is 153 g/mol. The quantitative estimate of drug-likeness (QED) is 0.420. The average molecular weight is 153 g/mol. The third-order valence-electron chi connectivity index (χ3n) is 1.41. The average Bonchev–Trinajstić information content (AvgIpc) is 2.03. The van der Waals surface area contributed by atoms with Crippen LogP contribution in [0.1, 0.15) is 32.6 Å². The Balaban J connectivity index is 2.83. The summed E-state index contributed by atoms with van der Waals surface area (Å²) < 4.78 is 5.09. The summed E-state index contributed by atoms with van der Waals surface area (Å²) in [6, 6.07) is 0. The van der Waals surface area contributed by atoms with Gasteiger partial charge in [0.25, 0.3) is 0 Å². The van der Waals surface area contributed by atoms with Gasteiger partial charge in [-0.25, -0.2) is 0 Å². The third kappa shape index (κ3) is 9.52. The zero-order valence-electron chi connectivity index (χ0n) is 7.36. The van der Waals surface area contributed by atoms with Crippen LogP contribution in [-0.2, 0) is 4.74 Å². The zero-order chi connectivity index (χ0) is 8.36. The lowest BCUT2D eigenvalue weighted by molar-refractivity contribution is 0.156. The van der Waals surface area contributed by atoms with E-state index < -0.39 is 0 Å². The maximum absolute atomic E-state index is 5.09. The molecule has 1 radical (unpaired) electrons.